The van der Waals surface area contributed by atoms with Gasteiger partial charge in [-0.25, -0.2) is 15.8 Å². The Bertz CT molecular complexity index is 229. The van der Waals surface area contributed by atoms with Gasteiger partial charge in [-0.1, -0.05) is 6.42 Å². The van der Waals surface area contributed by atoms with Crippen LogP contribution in [-0.2, 0) is 0 Å². The summed E-state index contributed by atoms with van der Waals surface area (Å²) in [6.07, 6.45) is 3.74. The number of rotatable bonds is 2. The lowest BCUT2D eigenvalue weighted by molar-refractivity contribution is 0.0723. The molecule has 0 saturated carbocycles. The molecule has 1 saturated heterocycles. The largest absolute Gasteiger partial charge is 0.293 e. The minimum absolute atomic E-state index is 0.231. The van der Waals surface area contributed by atoms with E-state index in [-0.39, 0.29) is 6.04 Å². The normalized spacial score (nSPS) is 28.2. The van der Waals surface area contributed by atoms with Gasteiger partial charge in [-0.15, -0.1) is 0 Å². The van der Waals surface area contributed by atoms with E-state index in [0.29, 0.717) is 18.0 Å². The first-order valence-electron chi connectivity index (χ1n) is 6.14. The molecule has 0 spiro atoms. The molecule has 16 heavy (non-hydrogen) atoms. The number of nitrogens with two attached hydrogens (primary N) is 1. The Morgan fingerprint density at radius 2 is 1.88 bits per heavy atom. The van der Waals surface area contributed by atoms with Crippen molar-refractivity contribution >= 4 is 5.96 Å². The summed E-state index contributed by atoms with van der Waals surface area (Å²) in [5, 5.41) is 2.24. The van der Waals surface area contributed by atoms with Crippen LogP contribution in [0, 0.1) is 0 Å². The van der Waals surface area contributed by atoms with Crippen molar-refractivity contribution in [3.8, 4) is 0 Å². The lowest BCUT2D eigenvalue weighted by atomic mass is 10.00. The van der Waals surface area contributed by atoms with Crippen molar-refractivity contribution in [1.82, 2.24) is 15.9 Å². The topological polar surface area (TPSA) is 65.7 Å². The zero-order valence-corrected chi connectivity index (χ0v) is 10.8. The van der Waals surface area contributed by atoms with Crippen LogP contribution in [0.1, 0.15) is 47.0 Å². The molecule has 1 rings (SSSR count). The predicted molar refractivity (Wildman–Crippen MR) is 67.6 cm³/mol. The Morgan fingerprint density at radius 1 is 1.31 bits per heavy atom. The molecule has 0 aromatic rings. The number of piperidine rings is 1. The van der Waals surface area contributed by atoms with E-state index >= 15 is 0 Å². The van der Waals surface area contributed by atoms with Gasteiger partial charge in [-0.2, -0.15) is 0 Å². The molecular formula is C11H25N5. The van der Waals surface area contributed by atoms with Gasteiger partial charge < -0.3 is 0 Å². The van der Waals surface area contributed by atoms with Crippen molar-refractivity contribution < 1.29 is 0 Å². The van der Waals surface area contributed by atoms with Crippen LogP contribution in [0.25, 0.3) is 0 Å². The first kappa shape index (κ1) is 13.3. The van der Waals surface area contributed by atoms with E-state index in [4.69, 9.17) is 5.84 Å². The average Bonchev–Trinajstić information content (AvgIpc) is 2.21. The number of hydrogen-bond donors (Lipinski definition) is 3. The molecule has 5 heteroatoms. The molecule has 0 bridgehead atoms. The Balaban J connectivity index is 2.62. The summed E-state index contributed by atoms with van der Waals surface area (Å²) in [4.78, 5) is 4.39. The van der Waals surface area contributed by atoms with Crippen LogP contribution in [0.5, 0.6) is 0 Å². The van der Waals surface area contributed by atoms with Crippen LogP contribution < -0.4 is 16.7 Å². The molecule has 1 fully saturated rings. The molecule has 1 aliphatic rings. The zero-order valence-electron chi connectivity index (χ0n) is 10.8. The van der Waals surface area contributed by atoms with E-state index in [1.165, 1.54) is 19.3 Å². The van der Waals surface area contributed by atoms with Gasteiger partial charge in [-0.3, -0.25) is 10.9 Å². The van der Waals surface area contributed by atoms with Crippen LogP contribution in [0.3, 0.4) is 0 Å². The van der Waals surface area contributed by atoms with Gasteiger partial charge in [0, 0.05) is 18.1 Å². The number of nitrogens with one attached hydrogen (secondary N) is 2. The second kappa shape index (κ2) is 6.06. The van der Waals surface area contributed by atoms with Crippen LogP contribution in [0.4, 0.5) is 0 Å². The number of hydrogen-bond acceptors (Lipinski definition) is 3. The van der Waals surface area contributed by atoms with E-state index in [9.17, 15) is 0 Å². The summed E-state index contributed by atoms with van der Waals surface area (Å²) in [6, 6.07) is 1.28. The van der Waals surface area contributed by atoms with Gasteiger partial charge >= 0.3 is 0 Å². The maximum Gasteiger partial charge on any atom is 0.220 e. The van der Waals surface area contributed by atoms with Gasteiger partial charge in [0.15, 0.2) is 0 Å². The van der Waals surface area contributed by atoms with E-state index in [1.807, 2.05) is 13.8 Å². The summed E-state index contributed by atoms with van der Waals surface area (Å²) >= 11 is 0. The van der Waals surface area contributed by atoms with Crippen LogP contribution in [-0.4, -0.2) is 29.1 Å². The third kappa shape index (κ3) is 3.64. The third-order valence-corrected chi connectivity index (χ3v) is 2.95. The molecule has 0 amide bonds. The van der Waals surface area contributed by atoms with Crippen LogP contribution in [0.15, 0.2) is 4.99 Å². The lowest BCUT2D eigenvalue weighted by Crippen LogP contribution is -2.58. The van der Waals surface area contributed by atoms with Crippen molar-refractivity contribution in [1.29, 1.82) is 0 Å². The van der Waals surface area contributed by atoms with Crippen molar-refractivity contribution in [2.75, 3.05) is 0 Å². The van der Waals surface area contributed by atoms with E-state index in [0.717, 1.165) is 0 Å². The maximum atomic E-state index is 5.46. The minimum atomic E-state index is 0.231. The molecule has 2 atom stereocenters. The van der Waals surface area contributed by atoms with Crippen molar-refractivity contribution in [3.05, 3.63) is 0 Å². The molecule has 1 heterocycles. The van der Waals surface area contributed by atoms with Gasteiger partial charge in [0.25, 0.3) is 0 Å². The Morgan fingerprint density at radius 3 is 2.31 bits per heavy atom. The molecule has 94 valence electrons. The number of guanidine groups is 1. The highest BCUT2D eigenvalue weighted by molar-refractivity contribution is 5.78. The Hall–Kier alpha value is -0.810. The molecular weight excluding hydrogens is 202 g/mol. The van der Waals surface area contributed by atoms with Crippen molar-refractivity contribution in [2.45, 2.75) is 65.1 Å². The summed E-state index contributed by atoms with van der Waals surface area (Å²) < 4.78 is 0. The fourth-order valence-corrected chi connectivity index (χ4v) is 2.12. The minimum Gasteiger partial charge on any atom is -0.293 e. The van der Waals surface area contributed by atoms with Gasteiger partial charge in [0.05, 0.1) is 0 Å². The van der Waals surface area contributed by atoms with Crippen LogP contribution in [0.2, 0.25) is 0 Å². The summed E-state index contributed by atoms with van der Waals surface area (Å²) in [5.74, 6) is 6.11. The smallest absolute Gasteiger partial charge is 0.220 e. The van der Waals surface area contributed by atoms with Gasteiger partial charge in [-0.05, 0) is 40.5 Å². The van der Waals surface area contributed by atoms with E-state index in [2.05, 4.69) is 34.7 Å². The Kier molecular flexibility index (Phi) is 5.02. The van der Waals surface area contributed by atoms with Crippen molar-refractivity contribution in [3.63, 3.8) is 0 Å². The predicted octanol–water partition coefficient (Wildman–Crippen LogP) is 0.982. The number of aliphatic imine (C=N–C) groups is 1. The summed E-state index contributed by atoms with van der Waals surface area (Å²) in [7, 11) is 0. The van der Waals surface area contributed by atoms with E-state index < -0.39 is 0 Å². The fourth-order valence-electron chi connectivity index (χ4n) is 2.12. The SMILES string of the molecule is CC(C)N=C(NN)NN1C(C)CCCC1C. The van der Waals surface area contributed by atoms with Crippen LogP contribution >= 0.6 is 0 Å². The molecule has 0 aromatic carbocycles. The molecule has 1 aliphatic heterocycles. The first-order chi connectivity index (χ1) is 7.54. The fraction of sp³-hybridized carbons (Fsp3) is 0.909. The monoisotopic (exact) mass is 227 g/mol. The standard InChI is InChI=1S/C11H25N5/c1-8(2)13-11(14-12)15-16-9(3)6-5-7-10(16)4/h8-10H,5-7,12H2,1-4H3,(H2,13,14,15). The number of nitrogens with zero attached hydrogens (tertiary/aromatic N) is 2. The third-order valence-electron chi connectivity index (χ3n) is 2.95. The molecule has 2 unspecified atom stereocenters. The van der Waals surface area contributed by atoms with Gasteiger partial charge in [0.1, 0.15) is 0 Å². The average molecular weight is 227 g/mol. The molecule has 0 radical (unpaired) electrons. The first-order valence-corrected chi connectivity index (χ1v) is 6.14. The van der Waals surface area contributed by atoms with Gasteiger partial charge in [0.2, 0.25) is 5.96 Å². The highest BCUT2D eigenvalue weighted by atomic mass is 15.6. The quantitative estimate of drug-likeness (QED) is 0.285. The number of hydrazine groups is 2. The highest BCUT2D eigenvalue weighted by Gasteiger charge is 2.25. The Labute approximate surface area is 98.4 Å². The zero-order chi connectivity index (χ0) is 12.1. The lowest BCUT2D eigenvalue weighted by Gasteiger charge is -2.39. The van der Waals surface area contributed by atoms with E-state index in [1.54, 1.807) is 0 Å². The maximum absolute atomic E-state index is 5.46. The molecule has 5 nitrogen and oxygen atoms in total. The molecule has 4 N–H and O–H groups in total. The second-order valence-electron chi connectivity index (χ2n) is 4.86. The summed E-state index contributed by atoms with van der Waals surface area (Å²) in [5.41, 5.74) is 5.90. The molecule has 0 aromatic heterocycles. The second-order valence-corrected chi connectivity index (χ2v) is 4.86. The molecule has 0 aliphatic carbocycles. The highest BCUT2D eigenvalue weighted by Crippen LogP contribution is 2.19. The van der Waals surface area contributed by atoms with Crippen molar-refractivity contribution in [2.24, 2.45) is 10.8 Å². The summed E-state index contributed by atoms with van der Waals surface area (Å²) in [6.45, 7) is 8.52.